The molecule has 0 atom stereocenters. The van der Waals surface area contributed by atoms with Crippen LogP contribution in [0.5, 0.6) is 0 Å². The normalized spacial score (nSPS) is 12.2. The lowest BCUT2D eigenvalue weighted by Gasteiger charge is -1.96. The largest absolute Gasteiger partial charge is 0.308 e. The molecule has 52 valence electrons. The van der Waals surface area contributed by atoms with E-state index in [2.05, 4.69) is 19.9 Å². The highest BCUT2D eigenvalue weighted by Gasteiger charge is 1.88. The van der Waals surface area contributed by atoms with E-state index in [1.54, 1.807) is 0 Å². The molecule has 0 unspecified atom stereocenters. The zero-order valence-corrected chi connectivity index (χ0v) is 6.44. The summed E-state index contributed by atoms with van der Waals surface area (Å²) < 4.78 is 0. The van der Waals surface area contributed by atoms with Gasteiger partial charge in [-0.3, -0.25) is 0 Å². The summed E-state index contributed by atoms with van der Waals surface area (Å²) in [5, 5.41) is 6.86. The summed E-state index contributed by atoms with van der Waals surface area (Å²) in [6.07, 6.45) is 4.57. The molecule has 0 aliphatic carbocycles. The summed E-state index contributed by atoms with van der Waals surface area (Å²) in [7, 11) is 0. The molecule has 0 aromatic heterocycles. The average Bonchev–Trinajstić information content (AvgIpc) is 1.83. The molecule has 1 heteroatoms. The second-order valence-electron chi connectivity index (χ2n) is 2.72. The third-order valence-electron chi connectivity index (χ3n) is 1.14. The predicted octanol–water partition coefficient (Wildman–Crippen LogP) is 2.63. The van der Waals surface area contributed by atoms with Gasteiger partial charge in [0, 0.05) is 6.21 Å². The van der Waals surface area contributed by atoms with Crippen molar-refractivity contribution >= 4 is 6.21 Å². The molecule has 0 saturated carbocycles. The van der Waals surface area contributed by atoms with Gasteiger partial charge in [0.15, 0.2) is 0 Å². The van der Waals surface area contributed by atoms with Gasteiger partial charge in [-0.1, -0.05) is 19.9 Å². The standard InChI is InChI=1S/C8H15N/c1-7(2)4-5-8(3)6-9/h5-7,9H,4H2,1-3H3/b8-5+,9-6?. The Morgan fingerprint density at radius 1 is 1.56 bits per heavy atom. The van der Waals surface area contributed by atoms with Crippen LogP contribution in [-0.2, 0) is 0 Å². The number of hydrogen-bond acceptors (Lipinski definition) is 1. The molecule has 9 heavy (non-hydrogen) atoms. The van der Waals surface area contributed by atoms with Crippen LogP contribution < -0.4 is 0 Å². The molecule has 0 bridgehead atoms. The van der Waals surface area contributed by atoms with E-state index in [1.165, 1.54) is 6.21 Å². The van der Waals surface area contributed by atoms with Crippen molar-refractivity contribution < 1.29 is 0 Å². The molecule has 1 N–H and O–H groups in total. The fraction of sp³-hybridized carbons (Fsp3) is 0.625. The van der Waals surface area contributed by atoms with Gasteiger partial charge in [-0.25, -0.2) is 0 Å². The van der Waals surface area contributed by atoms with E-state index in [1.807, 2.05) is 6.92 Å². The highest BCUT2D eigenvalue weighted by atomic mass is 14.3. The van der Waals surface area contributed by atoms with Gasteiger partial charge in [0.05, 0.1) is 0 Å². The molecule has 0 aliphatic rings. The van der Waals surface area contributed by atoms with E-state index in [0.717, 1.165) is 12.0 Å². The summed E-state index contributed by atoms with van der Waals surface area (Å²) in [6.45, 7) is 6.30. The first kappa shape index (κ1) is 8.41. The molecular weight excluding hydrogens is 110 g/mol. The highest BCUT2D eigenvalue weighted by molar-refractivity contribution is 5.74. The number of allylic oxidation sites excluding steroid dienone is 2. The number of nitrogens with one attached hydrogen (secondary N) is 1. The Morgan fingerprint density at radius 2 is 2.11 bits per heavy atom. The van der Waals surface area contributed by atoms with Crippen LogP contribution in [0.3, 0.4) is 0 Å². The van der Waals surface area contributed by atoms with E-state index in [4.69, 9.17) is 5.41 Å². The summed E-state index contributed by atoms with van der Waals surface area (Å²) in [5.74, 6) is 0.708. The molecule has 0 spiro atoms. The van der Waals surface area contributed by atoms with E-state index >= 15 is 0 Å². The number of rotatable bonds is 3. The van der Waals surface area contributed by atoms with Gasteiger partial charge in [0.1, 0.15) is 0 Å². The van der Waals surface area contributed by atoms with Gasteiger partial charge in [0.2, 0.25) is 0 Å². The quantitative estimate of drug-likeness (QED) is 0.561. The summed E-state index contributed by atoms with van der Waals surface area (Å²) in [5.41, 5.74) is 1.06. The van der Waals surface area contributed by atoms with Crippen molar-refractivity contribution in [3.8, 4) is 0 Å². The first-order valence-corrected chi connectivity index (χ1v) is 3.34. The van der Waals surface area contributed by atoms with Crippen molar-refractivity contribution in [2.24, 2.45) is 5.92 Å². The smallest absolute Gasteiger partial charge is 0.0203 e. The molecule has 0 amide bonds. The van der Waals surface area contributed by atoms with Crippen LogP contribution >= 0.6 is 0 Å². The zero-order valence-electron chi connectivity index (χ0n) is 6.44. The molecule has 0 aromatic rings. The highest BCUT2D eigenvalue weighted by Crippen LogP contribution is 2.01. The van der Waals surface area contributed by atoms with Crippen LogP contribution in [0.1, 0.15) is 27.2 Å². The van der Waals surface area contributed by atoms with E-state index in [0.29, 0.717) is 5.92 Å². The maximum atomic E-state index is 6.86. The monoisotopic (exact) mass is 125 g/mol. The van der Waals surface area contributed by atoms with Gasteiger partial charge in [-0.2, -0.15) is 0 Å². The lowest BCUT2D eigenvalue weighted by molar-refractivity contribution is 0.662. The average molecular weight is 125 g/mol. The Labute approximate surface area is 57.3 Å². The molecule has 0 saturated heterocycles. The van der Waals surface area contributed by atoms with Crippen LogP contribution in [0.25, 0.3) is 0 Å². The SMILES string of the molecule is C/C(C=N)=C\CC(C)C. The Morgan fingerprint density at radius 3 is 2.44 bits per heavy atom. The second-order valence-corrected chi connectivity index (χ2v) is 2.72. The Bertz CT molecular complexity index is 112. The van der Waals surface area contributed by atoms with Crippen molar-refractivity contribution in [1.82, 2.24) is 0 Å². The minimum Gasteiger partial charge on any atom is -0.308 e. The first-order valence-electron chi connectivity index (χ1n) is 3.34. The minimum atomic E-state index is 0.708. The van der Waals surface area contributed by atoms with Crippen LogP contribution in [0, 0.1) is 11.3 Å². The molecule has 0 radical (unpaired) electrons. The minimum absolute atomic E-state index is 0.708. The summed E-state index contributed by atoms with van der Waals surface area (Å²) >= 11 is 0. The zero-order chi connectivity index (χ0) is 7.28. The molecule has 0 aromatic carbocycles. The lowest BCUT2D eigenvalue weighted by atomic mass is 10.1. The van der Waals surface area contributed by atoms with Crippen molar-refractivity contribution in [2.45, 2.75) is 27.2 Å². The summed E-state index contributed by atoms with van der Waals surface area (Å²) in [6, 6.07) is 0. The Hall–Kier alpha value is -0.590. The maximum absolute atomic E-state index is 6.86. The van der Waals surface area contributed by atoms with Crippen LogP contribution in [0.15, 0.2) is 11.6 Å². The number of hydrogen-bond donors (Lipinski definition) is 1. The van der Waals surface area contributed by atoms with Gasteiger partial charge in [-0.05, 0) is 24.8 Å². The fourth-order valence-electron chi connectivity index (χ4n) is 0.481. The van der Waals surface area contributed by atoms with Gasteiger partial charge in [0.25, 0.3) is 0 Å². The third-order valence-corrected chi connectivity index (χ3v) is 1.14. The van der Waals surface area contributed by atoms with E-state index in [9.17, 15) is 0 Å². The molecule has 0 aliphatic heterocycles. The molecule has 0 fully saturated rings. The van der Waals surface area contributed by atoms with Gasteiger partial charge in [-0.15, -0.1) is 0 Å². The maximum Gasteiger partial charge on any atom is 0.0203 e. The Balaban J connectivity index is 3.56. The van der Waals surface area contributed by atoms with Crippen LogP contribution in [-0.4, -0.2) is 6.21 Å². The van der Waals surface area contributed by atoms with Crippen LogP contribution in [0.2, 0.25) is 0 Å². The van der Waals surface area contributed by atoms with E-state index in [-0.39, 0.29) is 0 Å². The van der Waals surface area contributed by atoms with Crippen molar-refractivity contribution in [2.75, 3.05) is 0 Å². The van der Waals surface area contributed by atoms with Crippen molar-refractivity contribution in [3.63, 3.8) is 0 Å². The first-order chi connectivity index (χ1) is 4.16. The third kappa shape index (κ3) is 5.28. The van der Waals surface area contributed by atoms with Gasteiger partial charge >= 0.3 is 0 Å². The van der Waals surface area contributed by atoms with Gasteiger partial charge < -0.3 is 5.41 Å². The lowest BCUT2D eigenvalue weighted by Crippen LogP contribution is -1.84. The molecule has 0 rings (SSSR count). The second kappa shape index (κ2) is 4.30. The van der Waals surface area contributed by atoms with Crippen LogP contribution in [0.4, 0.5) is 0 Å². The van der Waals surface area contributed by atoms with E-state index < -0.39 is 0 Å². The van der Waals surface area contributed by atoms with Crippen molar-refractivity contribution in [1.29, 1.82) is 5.41 Å². The molecule has 1 nitrogen and oxygen atoms in total. The van der Waals surface area contributed by atoms with Crippen molar-refractivity contribution in [3.05, 3.63) is 11.6 Å². The predicted molar refractivity (Wildman–Crippen MR) is 42.0 cm³/mol. The fourth-order valence-corrected chi connectivity index (χ4v) is 0.481. The topological polar surface area (TPSA) is 23.9 Å². The molecule has 0 heterocycles. The summed E-state index contributed by atoms with van der Waals surface area (Å²) in [4.78, 5) is 0. The Kier molecular flexibility index (Phi) is 4.02. The molecular formula is C8H15N.